The highest BCUT2D eigenvalue weighted by atomic mass is 35.5. The van der Waals surface area contributed by atoms with Crippen LogP contribution in [-0.2, 0) is 19.6 Å². The summed E-state index contributed by atoms with van der Waals surface area (Å²) in [6.45, 7) is -3.60. The lowest BCUT2D eigenvalue weighted by molar-refractivity contribution is -0.207. The van der Waals surface area contributed by atoms with Gasteiger partial charge >= 0.3 is 24.2 Å². The molecule has 10 nitrogen and oxygen atoms in total. The number of benzene rings is 1. The lowest BCUT2D eigenvalue weighted by Crippen LogP contribution is -2.57. The lowest BCUT2D eigenvalue weighted by atomic mass is 10.2. The van der Waals surface area contributed by atoms with Crippen LogP contribution in [0, 0.1) is 0 Å². The Balaban J connectivity index is 1.71. The third kappa shape index (κ3) is 7.54. The first kappa shape index (κ1) is 31.6. The molecule has 0 bridgehead atoms. The van der Waals surface area contributed by atoms with Gasteiger partial charge in [0, 0.05) is 30.2 Å². The predicted octanol–water partition coefficient (Wildman–Crippen LogP) is 3.22. The number of nitrogens with one attached hydrogen (secondary N) is 1. The van der Waals surface area contributed by atoms with Crippen LogP contribution >= 0.6 is 11.6 Å². The van der Waals surface area contributed by atoms with Gasteiger partial charge in [-0.1, -0.05) is 11.6 Å². The average molecular weight is 637 g/mol. The fourth-order valence-electron chi connectivity index (χ4n) is 4.15. The molecule has 0 aliphatic carbocycles. The van der Waals surface area contributed by atoms with E-state index in [-0.39, 0.29) is 41.3 Å². The largest absolute Gasteiger partial charge is 0.416 e. The molecule has 232 valence electrons. The third-order valence-electron chi connectivity index (χ3n) is 6.21. The fourth-order valence-corrected chi connectivity index (χ4v) is 4.27. The second-order valence-electron chi connectivity index (χ2n) is 9.35. The Morgan fingerprint density at radius 2 is 1.69 bits per heavy atom. The third-order valence-corrected chi connectivity index (χ3v) is 6.46. The van der Waals surface area contributed by atoms with Crippen LogP contribution in [0.2, 0.25) is 5.02 Å². The van der Waals surface area contributed by atoms with Gasteiger partial charge in [-0.3, -0.25) is 4.57 Å². The van der Waals surface area contributed by atoms with Crippen LogP contribution in [0.3, 0.4) is 0 Å². The van der Waals surface area contributed by atoms with E-state index in [0.29, 0.717) is 9.25 Å². The molecule has 2 aromatic heterocycles. The summed E-state index contributed by atoms with van der Waals surface area (Å²) in [5.74, 6) is -0.949. The molecule has 20 heteroatoms. The normalized spacial score (nSPS) is 17.6. The van der Waals surface area contributed by atoms with Crippen LogP contribution in [0.25, 0.3) is 11.4 Å². The van der Waals surface area contributed by atoms with Gasteiger partial charge in [0.2, 0.25) is 5.95 Å². The van der Waals surface area contributed by atoms with E-state index in [1.165, 1.54) is 24.3 Å². The zero-order valence-corrected chi connectivity index (χ0v) is 21.9. The molecule has 1 fully saturated rings. The smallest absolute Gasteiger partial charge is 0.382 e. The highest BCUT2D eigenvalue weighted by molar-refractivity contribution is 6.30. The van der Waals surface area contributed by atoms with Crippen molar-refractivity contribution < 1.29 is 44.6 Å². The highest BCUT2D eigenvalue weighted by Crippen LogP contribution is 2.27. The van der Waals surface area contributed by atoms with E-state index in [1.807, 2.05) is 0 Å². The molecule has 0 amide bonds. The van der Waals surface area contributed by atoms with Crippen LogP contribution in [-0.4, -0.2) is 84.5 Å². The average Bonchev–Trinajstić information content (AvgIpc) is 3.43. The number of aliphatic hydroxyl groups excluding tert-OH is 1. The Kier molecular flexibility index (Phi) is 8.85. The molecule has 3 heterocycles. The highest BCUT2D eigenvalue weighted by Gasteiger charge is 2.43. The minimum absolute atomic E-state index is 0.0542. The van der Waals surface area contributed by atoms with Crippen LogP contribution in [0.5, 0.6) is 0 Å². The van der Waals surface area contributed by atoms with E-state index >= 15 is 0 Å². The summed E-state index contributed by atoms with van der Waals surface area (Å²) in [7, 11) is 0. The molecule has 0 spiro atoms. The zero-order chi connectivity index (χ0) is 31.0. The minimum Gasteiger partial charge on any atom is -0.382 e. The summed E-state index contributed by atoms with van der Waals surface area (Å²) in [4.78, 5) is 18.3. The van der Waals surface area contributed by atoms with E-state index in [4.69, 9.17) is 11.6 Å². The van der Waals surface area contributed by atoms with Crippen molar-refractivity contribution in [1.82, 2.24) is 34.4 Å². The number of rotatable bonds is 8. The van der Waals surface area contributed by atoms with E-state index in [1.54, 1.807) is 0 Å². The summed E-state index contributed by atoms with van der Waals surface area (Å²) < 4.78 is 120. The molecule has 2 atom stereocenters. The monoisotopic (exact) mass is 636 g/mol. The first-order valence-electron chi connectivity index (χ1n) is 12.2. The molecule has 1 aliphatic heterocycles. The molecule has 3 aromatic rings. The SMILES string of the molecule is O=c1n(Cc2nc(N3CCNC(C(F)(F)F)C3)n(CCC(F)(F)F)n2)nc(-c2ccc(Cl)cc2)n1CC(O)C(F)(F)F. The van der Waals surface area contributed by atoms with Gasteiger partial charge in [-0.15, -0.1) is 5.10 Å². The molecule has 1 saturated heterocycles. The maximum Gasteiger partial charge on any atom is 0.416 e. The van der Waals surface area contributed by atoms with Gasteiger partial charge in [0.25, 0.3) is 0 Å². The van der Waals surface area contributed by atoms with Crippen LogP contribution in [0.15, 0.2) is 29.1 Å². The molecular weight excluding hydrogens is 615 g/mol. The molecule has 0 radical (unpaired) electrons. The van der Waals surface area contributed by atoms with Crippen molar-refractivity contribution in [3.8, 4) is 11.4 Å². The minimum atomic E-state index is -5.08. The number of piperazine rings is 1. The molecule has 0 saturated carbocycles. The van der Waals surface area contributed by atoms with Crippen molar-refractivity contribution in [3.63, 3.8) is 0 Å². The second-order valence-corrected chi connectivity index (χ2v) is 9.79. The molecule has 1 aromatic carbocycles. The maximum absolute atomic E-state index is 13.3. The summed E-state index contributed by atoms with van der Waals surface area (Å²) >= 11 is 5.85. The van der Waals surface area contributed by atoms with Crippen molar-refractivity contribution in [2.24, 2.45) is 0 Å². The van der Waals surface area contributed by atoms with E-state index in [2.05, 4.69) is 20.5 Å². The Morgan fingerprint density at radius 3 is 2.29 bits per heavy atom. The van der Waals surface area contributed by atoms with E-state index in [9.17, 15) is 49.4 Å². The Hall–Kier alpha value is -3.32. The van der Waals surface area contributed by atoms with Gasteiger partial charge in [-0.25, -0.2) is 14.2 Å². The summed E-state index contributed by atoms with van der Waals surface area (Å²) in [5.41, 5.74) is -0.997. The van der Waals surface area contributed by atoms with Gasteiger partial charge in [0.1, 0.15) is 12.6 Å². The number of aryl methyl sites for hydroxylation is 1. The van der Waals surface area contributed by atoms with Crippen LogP contribution < -0.4 is 15.9 Å². The number of alkyl halides is 9. The molecule has 42 heavy (non-hydrogen) atoms. The number of halogens is 10. The summed E-state index contributed by atoms with van der Waals surface area (Å²) in [6.07, 6.45) is -18.7. The topological polar surface area (TPSA) is 106 Å². The molecule has 2 unspecified atom stereocenters. The van der Waals surface area contributed by atoms with Crippen molar-refractivity contribution in [2.45, 2.75) is 56.7 Å². The first-order valence-corrected chi connectivity index (χ1v) is 12.5. The summed E-state index contributed by atoms with van der Waals surface area (Å²) in [5, 5.41) is 20.1. The zero-order valence-electron chi connectivity index (χ0n) is 21.2. The van der Waals surface area contributed by atoms with E-state index < -0.39 is 69.0 Å². The van der Waals surface area contributed by atoms with Gasteiger partial charge < -0.3 is 15.3 Å². The number of aromatic nitrogens is 6. The number of nitrogens with zero attached hydrogens (tertiary/aromatic N) is 7. The predicted molar refractivity (Wildman–Crippen MR) is 129 cm³/mol. The van der Waals surface area contributed by atoms with Crippen molar-refractivity contribution in [1.29, 1.82) is 0 Å². The standard InChI is InChI=1S/C22H22ClF9N8O2/c23-13-3-1-12(2-4-13)17-36-40(19(42)38(17)10-15(41)22(30,31)32)11-16-34-18(39(35-16)7-5-20(24,25)26)37-8-6-33-14(9-37)21(27,28)29/h1-4,14-15,33,41H,5-11H2. The van der Waals surface area contributed by atoms with Gasteiger partial charge in [-0.05, 0) is 24.3 Å². The Bertz CT molecular complexity index is 1430. The van der Waals surface area contributed by atoms with Gasteiger partial charge in [0.15, 0.2) is 17.8 Å². The number of anilines is 1. The second kappa shape index (κ2) is 11.8. The van der Waals surface area contributed by atoms with Crippen molar-refractivity contribution in [2.75, 3.05) is 24.5 Å². The molecular formula is C22H22ClF9N8O2. The summed E-state index contributed by atoms with van der Waals surface area (Å²) in [6, 6.07) is 3.47. The van der Waals surface area contributed by atoms with Crippen LogP contribution in [0.1, 0.15) is 12.2 Å². The fraction of sp³-hybridized carbons (Fsp3) is 0.545. The van der Waals surface area contributed by atoms with Crippen molar-refractivity contribution in [3.05, 3.63) is 45.6 Å². The molecule has 4 rings (SSSR count). The quantitative estimate of drug-likeness (QED) is 0.366. The number of aliphatic hydroxyl groups is 1. The Labute approximate surface area is 235 Å². The number of hydrogen-bond donors (Lipinski definition) is 2. The number of hydrogen-bond acceptors (Lipinski definition) is 7. The maximum atomic E-state index is 13.3. The molecule has 2 N–H and O–H groups in total. The molecule has 1 aliphatic rings. The van der Waals surface area contributed by atoms with Crippen LogP contribution in [0.4, 0.5) is 45.5 Å². The van der Waals surface area contributed by atoms with Crippen molar-refractivity contribution >= 4 is 17.5 Å². The van der Waals surface area contributed by atoms with Gasteiger partial charge in [-0.2, -0.15) is 49.6 Å². The van der Waals surface area contributed by atoms with E-state index in [0.717, 1.165) is 9.58 Å². The lowest BCUT2D eigenvalue weighted by Gasteiger charge is -2.35. The first-order chi connectivity index (χ1) is 19.4. The Morgan fingerprint density at radius 1 is 1.02 bits per heavy atom. The van der Waals surface area contributed by atoms with Gasteiger partial charge in [0.05, 0.1) is 19.5 Å².